The van der Waals surface area contributed by atoms with Gasteiger partial charge >= 0.3 is 11.8 Å². The molecule has 1 aromatic heterocycles. The number of hydrogen-bond donors (Lipinski definition) is 3. The molecule has 0 aromatic carbocycles. The summed E-state index contributed by atoms with van der Waals surface area (Å²) in [5.74, 6) is 0. The first-order valence-electron chi connectivity index (χ1n) is 5.02. The number of carbonyl (C=O) groups excluding carboxylic acids is 1. The lowest BCUT2D eigenvalue weighted by atomic mass is 10.2. The minimum atomic E-state index is -0.752. The van der Waals surface area contributed by atoms with E-state index in [0.717, 1.165) is 0 Å². The zero-order valence-corrected chi connectivity index (χ0v) is 10.1. The van der Waals surface area contributed by atoms with Gasteiger partial charge in [0.1, 0.15) is 11.3 Å². The van der Waals surface area contributed by atoms with Crippen LogP contribution in [0.1, 0.15) is 26.5 Å². The molecule has 0 unspecified atom stereocenters. The second kappa shape index (κ2) is 4.44. The third-order valence-corrected chi connectivity index (χ3v) is 1.76. The second-order valence-corrected chi connectivity index (χ2v) is 4.54. The summed E-state index contributed by atoms with van der Waals surface area (Å²) in [5.41, 5.74) is -1.71. The first kappa shape index (κ1) is 13.0. The number of nitrogens with one attached hydrogen (secondary N) is 3. The smallest absolute Gasteiger partial charge is 0.412 e. The molecule has 1 rings (SSSR count). The van der Waals surface area contributed by atoms with Crippen molar-refractivity contribution < 1.29 is 9.53 Å². The number of aromatic amines is 2. The molecule has 0 aliphatic carbocycles. The normalized spacial score (nSPS) is 11.1. The lowest BCUT2D eigenvalue weighted by Crippen LogP contribution is -2.32. The van der Waals surface area contributed by atoms with Gasteiger partial charge in [0.15, 0.2) is 0 Å². The molecule has 7 heteroatoms. The second-order valence-electron chi connectivity index (χ2n) is 4.54. The average Bonchev–Trinajstić information content (AvgIpc) is 2.08. The molecule has 1 aromatic rings. The lowest BCUT2D eigenvalue weighted by molar-refractivity contribution is 0.0635. The van der Waals surface area contributed by atoms with Crippen LogP contribution in [-0.4, -0.2) is 21.7 Å². The molecule has 0 saturated carbocycles. The van der Waals surface area contributed by atoms with E-state index >= 15 is 0 Å². The Hall–Kier alpha value is -2.05. The van der Waals surface area contributed by atoms with Crippen LogP contribution in [0.5, 0.6) is 0 Å². The molecule has 7 nitrogen and oxygen atoms in total. The Balaban J connectivity index is 2.94. The molecule has 0 aliphatic rings. The number of H-pyrrole nitrogens is 2. The highest BCUT2D eigenvalue weighted by molar-refractivity contribution is 5.85. The molecule has 0 spiro atoms. The van der Waals surface area contributed by atoms with Gasteiger partial charge in [-0.15, -0.1) is 0 Å². The summed E-state index contributed by atoms with van der Waals surface area (Å²) in [6.45, 7) is 6.62. The summed E-state index contributed by atoms with van der Waals surface area (Å²) in [7, 11) is 0. The van der Waals surface area contributed by atoms with Crippen molar-refractivity contribution in [2.75, 3.05) is 5.32 Å². The van der Waals surface area contributed by atoms with E-state index in [1.54, 1.807) is 20.8 Å². The molecule has 0 radical (unpaired) electrons. The number of aromatic nitrogens is 2. The number of aryl methyl sites for hydroxylation is 1. The van der Waals surface area contributed by atoms with Crippen LogP contribution in [0, 0.1) is 6.92 Å². The molecule has 0 aliphatic heterocycles. The minimum absolute atomic E-state index is 0.0288. The first-order valence-corrected chi connectivity index (χ1v) is 5.02. The Kier molecular flexibility index (Phi) is 3.40. The molecular formula is C10H15N3O4. The third kappa shape index (κ3) is 3.78. The molecule has 0 saturated heterocycles. The van der Waals surface area contributed by atoms with E-state index in [1.807, 2.05) is 4.98 Å². The van der Waals surface area contributed by atoms with Gasteiger partial charge in [-0.2, -0.15) is 0 Å². The average molecular weight is 241 g/mol. The molecule has 0 fully saturated rings. The van der Waals surface area contributed by atoms with Crippen molar-refractivity contribution in [2.24, 2.45) is 0 Å². The van der Waals surface area contributed by atoms with Gasteiger partial charge < -0.3 is 9.72 Å². The van der Waals surface area contributed by atoms with Crippen LogP contribution in [0.25, 0.3) is 0 Å². The van der Waals surface area contributed by atoms with Crippen LogP contribution in [0.15, 0.2) is 9.59 Å². The van der Waals surface area contributed by atoms with Crippen LogP contribution >= 0.6 is 0 Å². The molecule has 94 valence electrons. The zero-order valence-electron chi connectivity index (χ0n) is 10.1. The fourth-order valence-corrected chi connectivity index (χ4v) is 1.16. The Labute approximate surface area is 97.2 Å². The van der Waals surface area contributed by atoms with Crippen molar-refractivity contribution in [1.29, 1.82) is 0 Å². The summed E-state index contributed by atoms with van der Waals surface area (Å²) >= 11 is 0. The standard InChI is InChI=1S/C10H15N3O4/c1-5-6(7(14)13-8(15)11-5)12-9(16)17-10(2,3)4/h1-4H3,(H,12,16)(H2,11,13,14,15). The highest BCUT2D eigenvalue weighted by atomic mass is 16.6. The summed E-state index contributed by atoms with van der Waals surface area (Å²) in [5, 5.41) is 2.29. The van der Waals surface area contributed by atoms with Crippen LogP contribution in [0.4, 0.5) is 10.5 Å². The number of rotatable bonds is 1. The summed E-state index contributed by atoms with van der Waals surface area (Å²) in [4.78, 5) is 38.2. The van der Waals surface area contributed by atoms with Gasteiger partial charge in [-0.05, 0) is 27.7 Å². The van der Waals surface area contributed by atoms with Crippen molar-refractivity contribution in [3.8, 4) is 0 Å². The third-order valence-electron chi connectivity index (χ3n) is 1.76. The highest BCUT2D eigenvalue weighted by Crippen LogP contribution is 2.09. The maximum Gasteiger partial charge on any atom is 0.412 e. The zero-order chi connectivity index (χ0) is 13.2. The first-order chi connectivity index (χ1) is 7.69. The Morgan fingerprint density at radius 3 is 2.29 bits per heavy atom. The van der Waals surface area contributed by atoms with Gasteiger partial charge in [-0.3, -0.25) is 15.1 Å². The van der Waals surface area contributed by atoms with E-state index in [9.17, 15) is 14.4 Å². The minimum Gasteiger partial charge on any atom is -0.444 e. The van der Waals surface area contributed by atoms with Crippen LogP contribution in [0.3, 0.4) is 0 Å². The van der Waals surface area contributed by atoms with E-state index < -0.39 is 22.9 Å². The maximum atomic E-state index is 11.4. The Morgan fingerprint density at radius 1 is 1.24 bits per heavy atom. The van der Waals surface area contributed by atoms with Gasteiger partial charge in [-0.25, -0.2) is 9.59 Å². The van der Waals surface area contributed by atoms with E-state index in [4.69, 9.17) is 4.74 Å². The number of hydrogen-bond acceptors (Lipinski definition) is 4. The molecular weight excluding hydrogens is 226 g/mol. The lowest BCUT2D eigenvalue weighted by Gasteiger charge is -2.19. The van der Waals surface area contributed by atoms with Crippen LogP contribution in [0.2, 0.25) is 0 Å². The fraction of sp³-hybridized carbons (Fsp3) is 0.500. The molecule has 17 heavy (non-hydrogen) atoms. The number of anilines is 1. The van der Waals surface area contributed by atoms with Gasteiger partial charge in [-0.1, -0.05) is 0 Å². The van der Waals surface area contributed by atoms with Crippen molar-refractivity contribution in [3.63, 3.8) is 0 Å². The van der Waals surface area contributed by atoms with Gasteiger partial charge in [0.25, 0.3) is 5.56 Å². The van der Waals surface area contributed by atoms with E-state index in [0.29, 0.717) is 0 Å². The van der Waals surface area contributed by atoms with Gasteiger partial charge in [0.2, 0.25) is 0 Å². The molecule has 0 bridgehead atoms. The molecule has 3 N–H and O–H groups in total. The van der Waals surface area contributed by atoms with Crippen molar-refractivity contribution in [3.05, 3.63) is 26.5 Å². The van der Waals surface area contributed by atoms with Crippen molar-refractivity contribution >= 4 is 11.8 Å². The van der Waals surface area contributed by atoms with Gasteiger partial charge in [0.05, 0.1) is 0 Å². The van der Waals surface area contributed by atoms with Gasteiger partial charge in [0, 0.05) is 5.69 Å². The summed E-state index contributed by atoms with van der Waals surface area (Å²) in [6.07, 6.45) is -0.752. The van der Waals surface area contributed by atoms with E-state index in [2.05, 4.69) is 10.3 Å². The summed E-state index contributed by atoms with van der Waals surface area (Å²) in [6, 6.07) is 0. The quantitative estimate of drug-likeness (QED) is 0.673. The molecule has 1 amide bonds. The topological polar surface area (TPSA) is 104 Å². The number of amides is 1. The van der Waals surface area contributed by atoms with Crippen LogP contribution in [-0.2, 0) is 4.74 Å². The number of ether oxygens (including phenoxy) is 1. The predicted molar refractivity (Wildman–Crippen MR) is 62.3 cm³/mol. The fourth-order valence-electron chi connectivity index (χ4n) is 1.16. The van der Waals surface area contributed by atoms with Crippen molar-refractivity contribution in [1.82, 2.24) is 9.97 Å². The Morgan fingerprint density at radius 2 is 1.82 bits per heavy atom. The molecule has 1 heterocycles. The van der Waals surface area contributed by atoms with Crippen molar-refractivity contribution in [2.45, 2.75) is 33.3 Å². The van der Waals surface area contributed by atoms with E-state index in [1.165, 1.54) is 6.92 Å². The number of carbonyl (C=O) groups is 1. The molecule has 0 atom stereocenters. The van der Waals surface area contributed by atoms with E-state index in [-0.39, 0.29) is 11.4 Å². The largest absolute Gasteiger partial charge is 0.444 e. The summed E-state index contributed by atoms with van der Waals surface area (Å²) < 4.78 is 4.99. The maximum absolute atomic E-state index is 11.4. The predicted octanol–water partition coefficient (Wildman–Crippen LogP) is 0.719. The van der Waals surface area contributed by atoms with Crippen LogP contribution < -0.4 is 16.6 Å². The SMILES string of the molecule is Cc1[nH]c(=O)[nH]c(=O)c1NC(=O)OC(C)(C)C. The monoisotopic (exact) mass is 241 g/mol. The highest BCUT2D eigenvalue weighted by Gasteiger charge is 2.18. The Bertz CT molecular complexity index is 536.